The molecule has 1 aliphatic heterocycles. The molecule has 1 nitrogen and oxygen atoms in total. The van der Waals surface area contributed by atoms with Crippen LogP contribution in [-0.4, -0.2) is 30.7 Å². The minimum Gasteiger partial charge on any atom is -1.00 e. The monoisotopic (exact) mass is 219 g/mol. The first-order chi connectivity index (χ1) is 4.83. The van der Waals surface area contributed by atoms with Gasteiger partial charge in [-0.3, -0.25) is 0 Å². The van der Waals surface area contributed by atoms with E-state index in [1.807, 2.05) is 0 Å². The third-order valence-corrected chi connectivity index (χ3v) is 2.70. The van der Waals surface area contributed by atoms with Gasteiger partial charge >= 0.3 is 0 Å². The molecule has 2 heteroatoms. The Hall–Kier alpha value is 0.180. The average molecular weight is 220 g/mol. The van der Waals surface area contributed by atoms with Crippen LogP contribution in [0.2, 0.25) is 0 Å². The second kappa shape index (κ2) is 4.94. The second-order valence-electron chi connectivity index (χ2n) is 3.28. The fourth-order valence-electron chi connectivity index (χ4n) is 1.91. The molecule has 0 saturated carbocycles. The highest BCUT2D eigenvalue weighted by Gasteiger charge is 2.27. The van der Waals surface area contributed by atoms with Gasteiger partial charge in [0.1, 0.15) is 0 Å². The Bertz CT molecular complexity index is 117. The zero-order valence-electron chi connectivity index (χ0n) is 7.35. The third kappa shape index (κ3) is 2.60. The molecule has 0 unspecified atom stereocenters. The quantitative estimate of drug-likeness (QED) is 0.414. The molecule has 1 fully saturated rings. The maximum atomic E-state index is 3.80. The van der Waals surface area contributed by atoms with E-state index in [1.165, 1.54) is 43.5 Å². The van der Waals surface area contributed by atoms with Crippen LogP contribution in [0.5, 0.6) is 0 Å². The van der Waals surface area contributed by atoms with Gasteiger partial charge < -0.3 is 21.5 Å². The highest BCUT2D eigenvalue weighted by Crippen LogP contribution is 2.18. The largest absolute Gasteiger partial charge is 1.00 e. The van der Waals surface area contributed by atoms with Crippen molar-refractivity contribution in [2.75, 3.05) is 26.2 Å². The van der Waals surface area contributed by atoms with Crippen molar-refractivity contribution in [1.29, 1.82) is 0 Å². The van der Waals surface area contributed by atoms with E-state index in [0.29, 0.717) is 0 Å². The number of quaternary nitrogens is 1. The van der Waals surface area contributed by atoms with Gasteiger partial charge in [0, 0.05) is 12.8 Å². The molecule has 0 aromatic carbocycles. The van der Waals surface area contributed by atoms with Crippen LogP contribution in [0.4, 0.5) is 0 Å². The van der Waals surface area contributed by atoms with Crippen molar-refractivity contribution in [3.05, 3.63) is 12.7 Å². The summed E-state index contributed by atoms with van der Waals surface area (Å²) in [5.41, 5.74) is 0. The summed E-state index contributed by atoms with van der Waals surface area (Å²) in [6.07, 6.45) is 4.90. The number of hydrogen-bond acceptors (Lipinski definition) is 0. The SMILES string of the molecule is C=CC[N+]1(CC)CCCC1.[Br-]. The molecule has 0 aromatic heterocycles. The van der Waals surface area contributed by atoms with E-state index in [-0.39, 0.29) is 17.0 Å². The van der Waals surface area contributed by atoms with Crippen LogP contribution in [0, 0.1) is 0 Å². The van der Waals surface area contributed by atoms with Crippen LogP contribution in [0.1, 0.15) is 19.8 Å². The Morgan fingerprint density at radius 3 is 2.27 bits per heavy atom. The van der Waals surface area contributed by atoms with Crippen molar-refractivity contribution in [2.45, 2.75) is 19.8 Å². The van der Waals surface area contributed by atoms with E-state index in [1.54, 1.807) is 0 Å². The summed E-state index contributed by atoms with van der Waals surface area (Å²) in [5.74, 6) is 0. The topological polar surface area (TPSA) is 0 Å². The first kappa shape index (κ1) is 11.2. The first-order valence-electron chi connectivity index (χ1n) is 4.29. The molecule has 0 N–H and O–H groups in total. The summed E-state index contributed by atoms with van der Waals surface area (Å²) < 4.78 is 1.30. The number of rotatable bonds is 3. The standard InChI is InChI=1S/C9H18N.BrH/c1-3-7-10(4-2)8-5-6-9-10;/h3H,1,4-9H2,2H3;1H/q+1;/p-1. The second-order valence-corrected chi connectivity index (χ2v) is 3.28. The summed E-state index contributed by atoms with van der Waals surface area (Å²) in [4.78, 5) is 0. The van der Waals surface area contributed by atoms with Gasteiger partial charge in [-0.15, -0.1) is 0 Å². The van der Waals surface area contributed by atoms with Crippen LogP contribution >= 0.6 is 0 Å². The lowest BCUT2D eigenvalue weighted by Crippen LogP contribution is -3.00. The Labute approximate surface area is 80.4 Å². The molecular weight excluding hydrogens is 202 g/mol. The highest BCUT2D eigenvalue weighted by atomic mass is 79.9. The van der Waals surface area contributed by atoms with Crippen LogP contribution in [0.25, 0.3) is 0 Å². The maximum absolute atomic E-state index is 3.80. The summed E-state index contributed by atoms with van der Waals surface area (Å²) >= 11 is 0. The molecule has 1 saturated heterocycles. The van der Waals surface area contributed by atoms with E-state index >= 15 is 0 Å². The van der Waals surface area contributed by atoms with Crippen molar-refractivity contribution in [3.8, 4) is 0 Å². The Balaban J connectivity index is 0.000001000. The van der Waals surface area contributed by atoms with E-state index in [0.717, 1.165) is 0 Å². The van der Waals surface area contributed by atoms with Gasteiger partial charge in [0.2, 0.25) is 0 Å². The van der Waals surface area contributed by atoms with Gasteiger partial charge in [-0.25, -0.2) is 0 Å². The molecule has 1 aliphatic rings. The van der Waals surface area contributed by atoms with Crippen LogP contribution in [0.3, 0.4) is 0 Å². The molecule has 0 radical (unpaired) electrons. The molecule has 0 spiro atoms. The lowest BCUT2D eigenvalue weighted by atomic mass is 10.4. The number of halogens is 1. The smallest absolute Gasteiger partial charge is 0.0971 e. The van der Waals surface area contributed by atoms with Crippen LogP contribution in [-0.2, 0) is 0 Å². The Kier molecular flexibility index (Phi) is 5.02. The first-order valence-corrected chi connectivity index (χ1v) is 4.29. The Morgan fingerprint density at radius 1 is 1.36 bits per heavy atom. The lowest BCUT2D eigenvalue weighted by molar-refractivity contribution is -0.909. The van der Waals surface area contributed by atoms with Crippen LogP contribution < -0.4 is 17.0 Å². The summed E-state index contributed by atoms with van der Waals surface area (Å²) in [7, 11) is 0. The van der Waals surface area contributed by atoms with E-state index in [4.69, 9.17) is 0 Å². The summed E-state index contributed by atoms with van der Waals surface area (Å²) in [6, 6.07) is 0. The predicted molar refractivity (Wildman–Crippen MR) is 44.8 cm³/mol. The molecule has 0 atom stereocenters. The summed E-state index contributed by atoms with van der Waals surface area (Å²) in [6.45, 7) is 11.3. The van der Waals surface area contributed by atoms with Gasteiger partial charge in [0.25, 0.3) is 0 Å². The number of hydrogen-bond donors (Lipinski definition) is 0. The molecule has 0 aliphatic carbocycles. The van der Waals surface area contributed by atoms with Crippen molar-refractivity contribution < 1.29 is 21.5 Å². The predicted octanol–water partition coefficient (Wildman–Crippen LogP) is -1.19. The maximum Gasteiger partial charge on any atom is 0.0971 e. The Morgan fingerprint density at radius 2 is 1.91 bits per heavy atom. The lowest BCUT2D eigenvalue weighted by Gasteiger charge is -2.31. The number of likely N-dealkylation sites (N-methyl/N-ethyl adjacent to an activating group) is 1. The normalized spacial score (nSPS) is 20.8. The zero-order chi connectivity index (χ0) is 7.45. The van der Waals surface area contributed by atoms with Gasteiger partial charge in [-0.2, -0.15) is 0 Å². The van der Waals surface area contributed by atoms with Crippen molar-refractivity contribution >= 4 is 0 Å². The molecule has 11 heavy (non-hydrogen) atoms. The molecule has 0 bridgehead atoms. The fraction of sp³-hybridized carbons (Fsp3) is 0.778. The van der Waals surface area contributed by atoms with E-state index < -0.39 is 0 Å². The van der Waals surface area contributed by atoms with E-state index in [9.17, 15) is 0 Å². The molecule has 66 valence electrons. The molecule has 0 aromatic rings. The third-order valence-electron chi connectivity index (χ3n) is 2.70. The number of likely N-dealkylation sites (tertiary alicyclic amines) is 1. The van der Waals surface area contributed by atoms with Gasteiger partial charge in [0.15, 0.2) is 0 Å². The van der Waals surface area contributed by atoms with Crippen molar-refractivity contribution in [3.63, 3.8) is 0 Å². The zero-order valence-corrected chi connectivity index (χ0v) is 8.94. The molecule has 1 rings (SSSR count). The van der Waals surface area contributed by atoms with Crippen LogP contribution in [0.15, 0.2) is 12.7 Å². The van der Waals surface area contributed by atoms with Crippen molar-refractivity contribution in [1.82, 2.24) is 0 Å². The van der Waals surface area contributed by atoms with E-state index in [2.05, 4.69) is 19.6 Å². The molecule has 1 heterocycles. The van der Waals surface area contributed by atoms with Crippen molar-refractivity contribution in [2.24, 2.45) is 0 Å². The minimum atomic E-state index is 0. The van der Waals surface area contributed by atoms with Gasteiger partial charge in [-0.05, 0) is 13.0 Å². The minimum absolute atomic E-state index is 0. The fourth-order valence-corrected chi connectivity index (χ4v) is 1.91. The van der Waals surface area contributed by atoms with Gasteiger partial charge in [0.05, 0.1) is 26.2 Å². The summed E-state index contributed by atoms with van der Waals surface area (Å²) in [5, 5.41) is 0. The highest BCUT2D eigenvalue weighted by molar-refractivity contribution is 4.68. The van der Waals surface area contributed by atoms with Gasteiger partial charge in [-0.1, -0.05) is 6.58 Å². The average Bonchev–Trinajstić information content (AvgIpc) is 2.39. The number of nitrogens with zero attached hydrogens (tertiary/aromatic N) is 1. The molecular formula is C9H18BrN. The molecule has 0 amide bonds.